The Bertz CT molecular complexity index is 402. The molecule has 0 unspecified atom stereocenters. The van der Waals surface area contributed by atoms with Gasteiger partial charge in [-0.2, -0.15) is 0 Å². The van der Waals surface area contributed by atoms with Crippen LogP contribution in [0.4, 0.5) is 0 Å². The zero-order valence-corrected chi connectivity index (χ0v) is 9.98. The fourth-order valence-electron chi connectivity index (χ4n) is 1.52. The summed E-state index contributed by atoms with van der Waals surface area (Å²) in [4.78, 5) is 24.6. The van der Waals surface area contributed by atoms with E-state index in [0.29, 0.717) is 0 Å². The monoisotopic (exact) mass is 255 g/mol. The van der Waals surface area contributed by atoms with Crippen LogP contribution in [0.3, 0.4) is 0 Å². The molecule has 0 aliphatic carbocycles. The Morgan fingerprint density at radius 3 is 2.61 bits per heavy atom. The van der Waals surface area contributed by atoms with Crippen molar-refractivity contribution in [3.8, 4) is 0 Å². The molecule has 8 nitrogen and oxygen atoms in total. The molecule has 98 valence electrons. The van der Waals surface area contributed by atoms with Crippen molar-refractivity contribution in [3.63, 3.8) is 0 Å². The van der Waals surface area contributed by atoms with Crippen molar-refractivity contribution in [1.29, 1.82) is 0 Å². The van der Waals surface area contributed by atoms with Crippen LogP contribution in [-0.4, -0.2) is 36.8 Å². The molecule has 3 atom stereocenters. The summed E-state index contributed by atoms with van der Waals surface area (Å²) in [6.07, 6.45) is 0.521. The molecule has 0 fully saturated rings. The lowest BCUT2D eigenvalue weighted by atomic mass is 10.1. The van der Waals surface area contributed by atoms with Crippen LogP contribution in [0.5, 0.6) is 0 Å². The fourth-order valence-corrected chi connectivity index (χ4v) is 1.52. The van der Waals surface area contributed by atoms with Gasteiger partial charge in [0.25, 0.3) is 0 Å². The topological polar surface area (TPSA) is 111 Å². The van der Waals surface area contributed by atoms with Crippen LogP contribution >= 0.6 is 0 Å². The number of hydrogen-bond donors (Lipinski definition) is 0. The molecule has 0 amide bonds. The van der Waals surface area contributed by atoms with E-state index in [0.717, 1.165) is 0 Å². The van der Waals surface area contributed by atoms with Crippen LogP contribution in [-0.2, 0) is 23.8 Å². The van der Waals surface area contributed by atoms with Gasteiger partial charge in [-0.25, -0.2) is 0 Å². The summed E-state index contributed by atoms with van der Waals surface area (Å²) in [5, 5.41) is 3.36. The molecule has 0 N–H and O–H groups in total. The highest BCUT2D eigenvalue weighted by atomic mass is 16.6. The predicted octanol–water partition coefficient (Wildman–Crippen LogP) is 1.07. The van der Waals surface area contributed by atoms with E-state index in [-0.39, 0.29) is 6.54 Å². The highest BCUT2D eigenvalue weighted by Gasteiger charge is 2.36. The minimum atomic E-state index is -0.832. The van der Waals surface area contributed by atoms with Crippen LogP contribution in [0.15, 0.2) is 17.5 Å². The summed E-state index contributed by atoms with van der Waals surface area (Å²) in [6, 6.07) is 0. The van der Waals surface area contributed by atoms with Gasteiger partial charge in [-0.15, -0.1) is 0 Å². The Kier molecular flexibility index (Phi) is 5.01. The molecule has 0 aromatic heterocycles. The Morgan fingerprint density at radius 2 is 2.06 bits per heavy atom. The maximum absolute atomic E-state index is 11.0. The normalized spacial score (nSPS) is 25.6. The highest BCUT2D eigenvalue weighted by Crippen LogP contribution is 2.19. The third-order valence-corrected chi connectivity index (χ3v) is 2.14. The third kappa shape index (κ3) is 3.99. The Balaban J connectivity index is 2.83. The van der Waals surface area contributed by atoms with Gasteiger partial charge >= 0.3 is 11.9 Å². The number of azide groups is 1. The molecule has 0 aromatic carbocycles. The molecule has 8 heteroatoms. The van der Waals surface area contributed by atoms with Crippen LogP contribution in [0.1, 0.15) is 13.8 Å². The minimum absolute atomic E-state index is 0.0312. The lowest BCUT2D eigenvalue weighted by Gasteiger charge is -2.32. The molecule has 18 heavy (non-hydrogen) atoms. The summed E-state index contributed by atoms with van der Waals surface area (Å²) in [5.41, 5.74) is 8.27. The van der Waals surface area contributed by atoms with Crippen molar-refractivity contribution in [2.45, 2.75) is 32.2 Å². The molecule has 0 bridgehead atoms. The smallest absolute Gasteiger partial charge is 0.303 e. The van der Waals surface area contributed by atoms with E-state index in [9.17, 15) is 9.59 Å². The molecule has 1 aliphatic heterocycles. The zero-order valence-electron chi connectivity index (χ0n) is 9.98. The van der Waals surface area contributed by atoms with Gasteiger partial charge in [0.2, 0.25) is 0 Å². The highest BCUT2D eigenvalue weighted by molar-refractivity contribution is 5.67. The lowest BCUT2D eigenvalue weighted by Crippen LogP contribution is -2.46. The average molecular weight is 255 g/mol. The largest absolute Gasteiger partial charge is 0.494 e. The van der Waals surface area contributed by atoms with Gasteiger partial charge in [0.1, 0.15) is 6.10 Å². The van der Waals surface area contributed by atoms with Crippen molar-refractivity contribution in [2.24, 2.45) is 5.11 Å². The Hall–Kier alpha value is -2.21. The second kappa shape index (κ2) is 6.51. The first kappa shape index (κ1) is 13.9. The number of esters is 2. The van der Waals surface area contributed by atoms with E-state index in [4.69, 9.17) is 19.7 Å². The van der Waals surface area contributed by atoms with E-state index in [2.05, 4.69) is 10.0 Å². The van der Waals surface area contributed by atoms with Crippen LogP contribution in [0.2, 0.25) is 0 Å². The Morgan fingerprint density at radius 1 is 1.39 bits per heavy atom. The molecule has 0 spiro atoms. The molecule has 0 saturated heterocycles. The number of hydrogen-bond acceptors (Lipinski definition) is 6. The maximum Gasteiger partial charge on any atom is 0.303 e. The quantitative estimate of drug-likeness (QED) is 0.323. The SMILES string of the molecule is CC(=O)O[C@@H]1[C@H](OC(C)=O)C=CO[C@@H]1CN=[N+]=[N-]. The van der Waals surface area contributed by atoms with Crippen molar-refractivity contribution >= 4 is 11.9 Å². The average Bonchev–Trinajstić information content (AvgIpc) is 2.28. The maximum atomic E-state index is 11.0. The number of carbonyl (C=O) groups is 2. The van der Waals surface area contributed by atoms with Crippen molar-refractivity contribution in [2.75, 3.05) is 6.54 Å². The van der Waals surface area contributed by atoms with Gasteiger partial charge < -0.3 is 14.2 Å². The van der Waals surface area contributed by atoms with Gasteiger partial charge in [-0.3, -0.25) is 9.59 Å². The lowest BCUT2D eigenvalue weighted by molar-refractivity contribution is -0.172. The molecule has 0 aromatic rings. The van der Waals surface area contributed by atoms with Gasteiger partial charge in [0.05, 0.1) is 12.8 Å². The van der Waals surface area contributed by atoms with Crippen LogP contribution in [0, 0.1) is 0 Å². The summed E-state index contributed by atoms with van der Waals surface area (Å²) in [5.74, 6) is -1.05. The summed E-state index contributed by atoms with van der Waals surface area (Å²) in [6.45, 7) is 2.45. The fraction of sp³-hybridized carbons (Fsp3) is 0.600. The van der Waals surface area contributed by atoms with Crippen LogP contribution in [0.25, 0.3) is 10.4 Å². The predicted molar refractivity (Wildman–Crippen MR) is 59.1 cm³/mol. The van der Waals surface area contributed by atoms with Gasteiger partial charge in [-0.05, 0) is 11.6 Å². The molecule has 1 aliphatic rings. The number of carbonyl (C=O) groups excluding carboxylic acids is 2. The first-order valence-electron chi connectivity index (χ1n) is 5.22. The van der Waals surface area contributed by atoms with E-state index < -0.39 is 30.3 Å². The summed E-state index contributed by atoms with van der Waals surface area (Å²) < 4.78 is 15.2. The van der Waals surface area contributed by atoms with Crippen molar-refractivity contribution in [1.82, 2.24) is 0 Å². The minimum Gasteiger partial charge on any atom is -0.494 e. The molecule has 0 radical (unpaired) electrons. The number of nitrogens with zero attached hydrogens (tertiary/aromatic N) is 3. The first-order chi connectivity index (χ1) is 8.54. The van der Waals surface area contributed by atoms with E-state index in [1.54, 1.807) is 0 Å². The third-order valence-electron chi connectivity index (χ3n) is 2.14. The molecular formula is C10H13N3O5. The second-order valence-corrected chi connectivity index (χ2v) is 3.56. The molecule has 1 rings (SSSR count). The van der Waals surface area contributed by atoms with E-state index >= 15 is 0 Å². The van der Waals surface area contributed by atoms with Crippen molar-refractivity contribution in [3.05, 3.63) is 22.8 Å². The van der Waals surface area contributed by atoms with Gasteiger partial charge in [0, 0.05) is 18.8 Å². The molecule has 1 heterocycles. The van der Waals surface area contributed by atoms with Crippen LogP contribution < -0.4 is 0 Å². The Labute approximate surface area is 103 Å². The molecule has 0 saturated carbocycles. The summed E-state index contributed by atoms with van der Waals surface area (Å²) in [7, 11) is 0. The number of ether oxygens (including phenoxy) is 3. The van der Waals surface area contributed by atoms with Gasteiger partial charge in [-0.1, -0.05) is 5.11 Å². The number of rotatable bonds is 4. The van der Waals surface area contributed by atoms with Crippen molar-refractivity contribution < 1.29 is 23.8 Å². The first-order valence-corrected chi connectivity index (χ1v) is 5.22. The second-order valence-electron chi connectivity index (χ2n) is 3.56. The summed E-state index contributed by atoms with van der Waals surface area (Å²) >= 11 is 0. The molecular weight excluding hydrogens is 242 g/mol. The standard InChI is InChI=1S/C10H13N3O5/c1-6(14)17-8-3-4-16-9(5-12-13-11)10(8)18-7(2)15/h3-4,8-10H,5H2,1-2H3/t8-,9-,10-/m1/s1. The van der Waals surface area contributed by atoms with Gasteiger partial charge in [0.15, 0.2) is 12.2 Å². The van der Waals surface area contributed by atoms with E-state index in [1.807, 2.05) is 0 Å². The van der Waals surface area contributed by atoms with E-state index in [1.165, 1.54) is 26.2 Å². The zero-order chi connectivity index (χ0) is 13.5.